The van der Waals surface area contributed by atoms with Gasteiger partial charge in [0.25, 0.3) is 0 Å². The first-order valence-electron chi connectivity index (χ1n) is 5.87. The average molecular weight is 255 g/mol. The maximum absolute atomic E-state index is 13.1. The van der Waals surface area contributed by atoms with Gasteiger partial charge in [-0.2, -0.15) is 0 Å². The van der Waals surface area contributed by atoms with Gasteiger partial charge in [0.05, 0.1) is 7.11 Å². The lowest BCUT2D eigenvalue weighted by molar-refractivity contribution is -0.121. The molecule has 1 amide bonds. The highest BCUT2D eigenvalue weighted by Crippen LogP contribution is 2.19. The van der Waals surface area contributed by atoms with E-state index in [-0.39, 0.29) is 18.3 Å². The highest BCUT2D eigenvalue weighted by atomic mass is 19.1. The molecule has 0 aliphatic rings. The number of rotatable bonds is 7. The first-order valence-corrected chi connectivity index (χ1v) is 5.87. The Morgan fingerprint density at radius 1 is 1.50 bits per heavy atom. The number of hydrogen-bond acceptors (Lipinski definition) is 3. The molecule has 1 aromatic carbocycles. The van der Waals surface area contributed by atoms with Crippen molar-refractivity contribution in [1.82, 2.24) is 5.32 Å². The largest absolute Gasteiger partial charge is 0.496 e. The molecule has 0 saturated heterocycles. The molecule has 0 radical (unpaired) electrons. The molecule has 0 heterocycles. The standard InChI is InChI=1S/C13H18FNO3/c1-18-12-5-4-11(14)9-10(12)6-7-15-13(17)3-2-8-16/h4-5,9,16H,2-3,6-8H2,1H3,(H,15,17). The number of aliphatic hydroxyl groups excluding tert-OH is 1. The molecule has 0 fully saturated rings. The van der Waals surface area contributed by atoms with Gasteiger partial charge in [0.2, 0.25) is 5.91 Å². The smallest absolute Gasteiger partial charge is 0.220 e. The third-order valence-electron chi connectivity index (χ3n) is 2.52. The number of aliphatic hydroxyl groups is 1. The molecule has 1 rings (SSSR count). The number of hydrogen-bond donors (Lipinski definition) is 2. The van der Waals surface area contributed by atoms with E-state index >= 15 is 0 Å². The predicted octanol–water partition coefficient (Wildman–Crippen LogP) is 1.27. The molecule has 0 bridgehead atoms. The number of ether oxygens (including phenoxy) is 1. The van der Waals surface area contributed by atoms with Gasteiger partial charge in [-0.05, 0) is 36.6 Å². The molecule has 0 aromatic heterocycles. The van der Waals surface area contributed by atoms with Crippen molar-refractivity contribution in [3.63, 3.8) is 0 Å². The van der Waals surface area contributed by atoms with E-state index in [9.17, 15) is 9.18 Å². The van der Waals surface area contributed by atoms with E-state index in [1.54, 1.807) is 6.07 Å². The molecule has 0 aliphatic carbocycles. The van der Waals surface area contributed by atoms with Gasteiger partial charge in [0, 0.05) is 19.6 Å². The summed E-state index contributed by atoms with van der Waals surface area (Å²) >= 11 is 0. The molecule has 5 heteroatoms. The lowest BCUT2D eigenvalue weighted by Gasteiger charge is -2.09. The highest BCUT2D eigenvalue weighted by molar-refractivity contribution is 5.75. The van der Waals surface area contributed by atoms with Gasteiger partial charge >= 0.3 is 0 Å². The Kier molecular flexibility index (Phi) is 6.14. The third kappa shape index (κ3) is 4.71. The SMILES string of the molecule is COc1ccc(F)cc1CCNC(=O)CCCO. The van der Waals surface area contributed by atoms with Crippen LogP contribution in [0.2, 0.25) is 0 Å². The molecule has 0 aliphatic heterocycles. The van der Waals surface area contributed by atoms with Crippen molar-refractivity contribution in [2.75, 3.05) is 20.3 Å². The lowest BCUT2D eigenvalue weighted by atomic mass is 10.1. The van der Waals surface area contributed by atoms with E-state index in [1.807, 2.05) is 0 Å². The minimum atomic E-state index is -0.322. The molecule has 18 heavy (non-hydrogen) atoms. The quantitative estimate of drug-likeness (QED) is 0.771. The van der Waals surface area contributed by atoms with E-state index in [0.29, 0.717) is 31.6 Å². The number of nitrogens with one attached hydrogen (secondary N) is 1. The molecule has 1 aromatic rings. The minimum Gasteiger partial charge on any atom is -0.496 e. The molecule has 0 atom stereocenters. The Labute approximate surface area is 106 Å². The van der Waals surface area contributed by atoms with Crippen LogP contribution in [-0.4, -0.2) is 31.3 Å². The van der Waals surface area contributed by atoms with Crippen molar-refractivity contribution < 1.29 is 19.0 Å². The number of halogens is 1. The van der Waals surface area contributed by atoms with Crippen LogP contribution >= 0.6 is 0 Å². The van der Waals surface area contributed by atoms with Crippen LogP contribution in [-0.2, 0) is 11.2 Å². The van der Waals surface area contributed by atoms with E-state index in [1.165, 1.54) is 19.2 Å². The van der Waals surface area contributed by atoms with Crippen LogP contribution in [0.4, 0.5) is 4.39 Å². The van der Waals surface area contributed by atoms with Crippen LogP contribution in [0.15, 0.2) is 18.2 Å². The van der Waals surface area contributed by atoms with Gasteiger partial charge in [-0.1, -0.05) is 0 Å². The second-order valence-corrected chi connectivity index (χ2v) is 3.88. The zero-order valence-corrected chi connectivity index (χ0v) is 10.4. The summed E-state index contributed by atoms with van der Waals surface area (Å²) in [7, 11) is 1.52. The fourth-order valence-electron chi connectivity index (χ4n) is 1.61. The monoisotopic (exact) mass is 255 g/mol. The van der Waals surface area contributed by atoms with E-state index in [4.69, 9.17) is 9.84 Å². The van der Waals surface area contributed by atoms with Crippen LogP contribution < -0.4 is 10.1 Å². The maximum atomic E-state index is 13.1. The topological polar surface area (TPSA) is 58.6 Å². The van der Waals surface area contributed by atoms with Crippen LogP contribution in [0, 0.1) is 5.82 Å². The van der Waals surface area contributed by atoms with E-state index < -0.39 is 0 Å². The second-order valence-electron chi connectivity index (χ2n) is 3.88. The zero-order chi connectivity index (χ0) is 13.4. The summed E-state index contributed by atoms with van der Waals surface area (Å²) in [5.41, 5.74) is 0.722. The van der Waals surface area contributed by atoms with Crippen molar-refractivity contribution in [3.05, 3.63) is 29.6 Å². The lowest BCUT2D eigenvalue weighted by Crippen LogP contribution is -2.25. The van der Waals surface area contributed by atoms with Gasteiger partial charge in [-0.25, -0.2) is 4.39 Å². The van der Waals surface area contributed by atoms with Crippen LogP contribution in [0.5, 0.6) is 5.75 Å². The zero-order valence-electron chi connectivity index (χ0n) is 10.4. The number of benzene rings is 1. The van der Waals surface area contributed by atoms with Crippen molar-refractivity contribution in [2.24, 2.45) is 0 Å². The molecule has 0 saturated carbocycles. The maximum Gasteiger partial charge on any atom is 0.220 e. The number of methoxy groups -OCH3 is 1. The van der Waals surface area contributed by atoms with Gasteiger partial charge in [-0.3, -0.25) is 4.79 Å². The highest BCUT2D eigenvalue weighted by Gasteiger charge is 2.05. The number of amides is 1. The molecule has 0 spiro atoms. The van der Waals surface area contributed by atoms with E-state index in [2.05, 4.69) is 5.32 Å². The summed E-state index contributed by atoms with van der Waals surface area (Å²) in [4.78, 5) is 11.3. The van der Waals surface area contributed by atoms with Crippen molar-refractivity contribution in [3.8, 4) is 5.75 Å². The Morgan fingerprint density at radius 3 is 2.94 bits per heavy atom. The van der Waals surface area contributed by atoms with Crippen LogP contribution in [0.1, 0.15) is 18.4 Å². The first kappa shape index (κ1) is 14.4. The molecule has 2 N–H and O–H groups in total. The summed E-state index contributed by atoms with van der Waals surface area (Å²) in [6, 6.07) is 4.30. The van der Waals surface area contributed by atoms with Gasteiger partial charge in [0.15, 0.2) is 0 Å². The van der Waals surface area contributed by atoms with Gasteiger partial charge in [-0.15, -0.1) is 0 Å². The van der Waals surface area contributed by atoms with E-state index in [0.717, 1.165) is 5.56 Å². The molecule has 0 unspecified atom stereocenters. The molecule has 100 valence electrons. The Hall–Kier alpha value is -1.62. The Balaban J connectivity index is 2.43. The van der Waals surface area contributed by atoms with Gasteiger partial charge < -0.3 is 15.2 Å². The molecular formula is C13H18FNO3. The normalized spacial score (nSPS) is 10.2. The Morgan fingerprint density at radius 2 is 2.28 bits per heavy atom. The molecule has 4 nitrogen and oxygen atoms in total. The summed E-state index contributed by atoms with van der Waals surface area (Å²) in [5, 5.41) is 11.3. The third-order valence-corrected chi connectivity index (χ3v) is 2.52. The minimum absolute atomic E-state index is 0.00510. The number of carbonyl (C=O) groups is 1. The van der Waals surface area contributed by atoms with Crippen LogP contribution in [0.3, 0.4) is 0 Å². The van der Waals surface area contributed by atoms with Crippen molar-refractivity contribution in [2.45, 2.75) is 19.3 Å². The molecular weight excluding hydrogens is 237 g/mol. The van der Waals surface area contributed by atoms with Crippen LogP contribution in [0.25, 0.3) is 0 Å². The van der Waals surface area contributed by atoms with Crippen molar-refractivity contribution >= 4 is 5.91 Å². The fourth-order valence-corrected chi connectivity index (χ4v) is 1.61. The second kappa shape index (κ2) is 7.66. The van der Waals surface area contributed by atoms with Crippen molar-refractivity contribution in [1.29, 1.82) is 0 Å². The van der Waals surface area contributed by atoms with Gasteiger partial charge in [0.1, 0.15) is 11.6 Å². The summed E-state index contributed by atoms with van der Waals surface area (Å²) in [5.74, 6) is 0.179. The first-order chi connectivity index (χ1) is 8.67. The number of carbonyl (C=O) groups excluding carboxylic acids is 1. The fraction of sp³-hybridized carbons (Fsp3) is 0.462. The summed E-state index contributed by atoms with van der Waals surface area (Å²) < 4.78 is 18.2. The average Bonchev–Trinajstić information content (AvgIpc) is 2.36. The predicted molar refractivity (Wildman–Crippen MR) is 66.0 cm³/mol. The summed E-state index contributed by atoms with van der Waals surface area (Å²) in [6.07, 6.45) is 1.26. The summed E-state index contributed by atoms with van der Waals surface area (Å²) in [6.45, 7) is 0.426. The Bertz CT molecular complexity index is 396.